The number of methoxy groups -OCH3 is 2. The van der Waals surface area contributed by atoms with Crippen LogP contribution in [0.2, 0.25) is 0 Å². The fourth-order valence-electron chi connectivity index (χ4n) is 5.11. The van der Waals surface area contributed by atoms with Crippen LogP contribution in [0.1, 0.15) is 49.7 Å². The first-order valence-corrected chi connectivity index (χ1v) is 13.0. The normalized spacial score (nSPS) is 21.8. The van der Waals surface area contributed by atoms with Crippen molar-refractivity contribution in [2.24, 2.45) is 10.9 Å². The fourth-order valence-corrected chi connectivity index (χ4v) is 5.52. The van der Waals surface area contributed by atoms with Gasteiger partial charge in [0.15, 0.2) is 17.3 Å². The quantitative estimate of drug-likeness (QED) is 0.371. The molecule has 4 rings (SSSR count). The van der Waals surface area contributed by atoms with E-state index in [9.17, 15) is 9.59 Å². The van der Waals surface area contributed by atoms with E-state index in [1.165, 1.54) is 0 Å². The summed E-state index contributed by atoms with van der Waals surface area (Å²) in [6.45, 7) is 3.93. The van der Waals surface area contributed by atoms with E-state index in [1.54, 1.807) is 32.9 Å². The first-order valence-electron chi connectivity index (χ1n) is 11.8. The molecule has 0 N–H and O–H groups in total. The number of allylic oxidation sites excluding steroid dienone is 2. The van der Waals surface area contributed by atoms with E-state index in [0.717, 1.165) is 21.7 Å². The molecule has 1 aliphatic carbocycles. The number of rotatable bonds is 7. The summed E-state index contributed by atoms with van der Waals surface area (Å²) >= 11 is 1.65. The van der Waals surface area contributed by atoms with Gasteiger partial charge in [0.25, 0.3) is 0 Å². The molecule has 3 atom stereocenters. The van der Waals surface area contributed by atoms with Crippen LogP contribution in [0.25, 0.3) is 0 Å². The van der Waals surface area contributed by atoms with Gasteiger partial charge < -0.3 is 14.2 Å². The molecule has 0 saturated heterocycles. The van der Waals surface area contributed by atoms with Crippen molar-refractivity contribution in [3.05, 3.63) is 64.9 Å². The van der Waals surface area contributed by atoms with Gasteiger partial charge in [0.2, 0.25) is 0 Å². The molecule has 1 unspecified atom stereocenters. The van der Waals surface area contributed by atoms with Gasteiger partial charge in [-0.3, -0.25) is 14.6 Å². The van der Waals surface area contributed by atoms with E-state index in [0.29, 0.717) is 35.6 Å². The highest BCUT2D eigenvalue weighted by molar-refractivity contribution is 7.98. The fraction of sp³-hybridized carbons (Fsp3) is 0.393. The maximum atomic E-state index is 13.7. The van der Waals surface area contributed by atoms with Gasteiger partial charge in [-0.25, -0.2) is 0 Å². The van der Waals surface area contributed by atoms with E-state index in [2.05, 4.69) is 0 Å². The SMILES string of the molecule is CCOC(=O)C1C(C)=NC2=C(C(=O)C[C@@H](c3ccc(OC)c(OC)c3)C2)[C@@H]1c1ccc(SC)cc1. The van der Waals surface area contributed by atoms with Crippen LogP contribution in [0.4, 0.5) is 0 Å². The molecule has 2 aromatic rings. The first-order chi connectivity index (χ1) is 16.9. The summed E-state index contributed by atoms with van der Waals surface area (Å²) in [7, 11) is 3.20. The van der Waals surface area contributed by atoms with Crippen LogP contribution in [0.3, 0.4) is 0 Å². The number of nitrogens with zero attached hydrogens (tertiary/aromatic N) is 1. The van der Waals surface area contributed by atoms with Crippen LogP contribution in [0.5, 0.6) is 11.5 Å². The number of ketones is 1. The van der Waals surface area contributed by atoms with Gasteiger partial charge in [-0.05, 0) is 67.8 Å². The van der Waals surface area contributed by atoms with Gasteiger partial charge in [0.1, 0.15) is 5.92 Å². The minimum Gasteiger partial charge on any atom is -0.493 e. The Hall–Kier alpha value is -3.06. The zero-order chi connectivity index (χ0) is 25.1. The third-order valence-corrected chi connectivity index (χ3v) is 7.53. The molecular formula is C28H31NO5S. The second-order valence-electron chi connectivity index (χ2n) is 8.74. The Labute approximate surface area is 210 Å². The Balaban J connectivity index is 1.77. The van der Waals surface area contributed by atoms with Crippen molar-refractivity contribution in [3.63, 3.8) is 0 Å². The number of carbonyl (C=O) groups is 2. The summed E-state index contributed by atoms with van der Waals surface area (Å²) in [5.74, 6) is -0.0851. The minimum absolute atomic E-state index is 0.0236. The summed E-state index contributed by atoms with van der Waals surface area (Å²) in [5, 5.41) is 0. The van der Waals surface area contributed by atoms with Gasteiger partial charge >= 0.3 is 5.97 Å². The molecule has 184 valence electrons. The maximum absolute atomic E-state index is 13.7. The number of thioether (sulfide) groups is 1. The van der Waals surface area contributed by atoms with Crippen molar-refractivity contribution in [3.8, 4) is 11.5 Å². The Morgan fingerprint density at radius 3 is 2.34 bits per heavy atom. The summed E-state index contributed by atoms with van der Waals surface area (Å²) in [6.07, 6.45) is 2.98. The number of ether oxygens (including phenoxy) is 3. The molecule has 0 aromatic heterocycles. The lowest BCUT2D eigenvalue weighted by atomic mass is 9.69. The first kappa shape index (κ1) is 25.0. The Kier molecular flexibility index (Phi) is 7.65. The molecule has 0 spiro atoms. The summed E-state index contributed by atoms with van der Waals surface area (Å²) in [6, 6.07) is 13.9. The topological polar surface area (TPSA) is 74.2 Å². The highest BCUT2D eigenvalue weighted by atomic mass is 32.2. The minimum atomic E-state index is -0.615. The number of carbonyl (C=O) groups excluding carboxylic acids is 2. The largest absolute Gasteiger partial charge is 0.493 e. The summed E-state index contributed by atoms with van der Waals surface area (Å²) in [5.41, 5.74) is 4.02. The monoisotopic (exact) mass is 493 g/mol. The number of Topliss-reactive ketones (excluding diaryl/α,β-unsaturated/α-hetero) is 1. The lowest BCUT2D eigenvalue weighted by Crippen LogP contribution is -2.38. The second kappa shape index (κ2) is 10.7. The third kappa shape index (κ3) is 4.87. The number of aliphatic imine (C=N–C) groups is 1. The second-order valence-corrected chi connectivity index (χ2v) is 9.62. The average molecular weight is 494 g/mol. The molecule has 2 aromatic carbocycles. The Morgan fingerprint density at radius 1 is 1.03 bits per heavy atom. The molecule has 0 radical (unpaired) electrons. The lowest BCUT2D eigenvalue weighted by molar-refractivity contribution is -0.146. The van der Waals surface area contributed by atoms with E-state index in [1.807, 2.05) is 55.6 Å². The Morgan fingerprint density at radius 2 is 1.71 bits per heavy atom. The molecule has 1 heterocycles. The number of benzene rings is 2. The molecule has 6 nitrogen and oxygen atoms in total. The van der Waals surface area contributed by atoms with Crippen LogP contribution in [-0.4, -0.2) is 44.5 Å². The van der Waals surface area contributed by atoms with Gasteiger partial charge in [-0.2, -0.15) is 0 Å². The van der Waals surface area contributed by atoms with E-state index < -0.39 is 11.8 Å². The average Bonchev–Trinajstić information content (AvgIpc) is 2.87. The van der Waals surface area contributed by atoms with E-state index in [-0.39, 0.29) is 24.3 Å². The molecule has 0 fully saturated rings. The molecule has 0 saturated carbocycles. The third-order valence-electron chi connectivity index (χ3n) is 6.78. The zero-order valence-electron chi connectivity index (χ0n) is 20.8. The van der Waals surface area contributed by atoms with Crippen molar-refractivity contribution in [2.75, 3.05) is 27.1 Å². The molecule has 7 heteroatoms. The number of hydrogen-bond donors (Lipinski definition) is 0. The lowest BCUT2D eigenvalue weighted by Gasteiger charge is -2.36. The molecular weight excluding hydrogens is 462 g/mol. The molecule has 35 heavy (non-hydrogen) atoms. The van der Waals surface area contributed by atoms with Crippen LogP contribution in [-0.2, 0) is 14.3 Å². The highest BCUT2D eigenvalue weighted by Crippen LogP contribution is 2.47. The molecule has 0 bridgehead atoms. The standard InChI is InChI=1S/C28H31NO5S/c1-6-34-28(31)25-16(2)29-21-13-19(18-9-12-23(32-3)24(15-18)33-4)14-22(30)27(21)26(25)17-7-10-20(35-5)11-8-17/h7-12,15,19,25-26H,6,13-14H2,1-5H3/t19-,25?,26+/m0/s1. The summed E-state index contributed by atoms with van der Waals surface area (Å²) < 4.78 is 16.3. The number of hydrogen-bond acceptors (Lipinski definition) is 7. The van der Waals surface area contributed by atoms with Crippen LogP contribution < -0.4 is 9.47 Å². The number of esters is 1. The van der Waals surface area contributed by atoms with Crippen molar-refractivity contribution in [1.82, 2.24) is 0 Å². The van der Waals surface area contributed by atoms with Crippen molar-refractivity contribution in [1.29, 1.82) is 0 Å². The highest BCUT2D eigenvalue weighted by Gasteiger charge is 2.44. The predicted octanol–water partition coefficient (Wildman–Crippen LogP) is 5.56. The maximum Gasteiger partial charge on any atom is 0.315 e. The summed E-state index contributed by atoms with van der Waals surface area (Å²) in [4.78, 5) is 32.7. The van der Waals surface area contributed by atoms with Gasteiger partial charge in [-0.15, -0.1) is 11.8 Å². The van der Waals surface area contributed by atoms with Crippen molar-refractivity contribution in [2.45, 2.75) is 43.4 Å². The van der Waals surface area contributed by atoms with E-state index in [4.69, 9.17) is 19.2 Å². The molecule has 2 aliphatic rings. The Bertz CT molecular complexity index is 1180. The van der Waals surface area contributed by atoms with Gasteiger partial charge in [0, 0.05) is 34.2 Å². The van der Waals surface area contributed by atoms with Crippen LogP contribution in [0.15, 0.2) is 63.6 Å². The van der Waals surface area contributed by atoms with E-state index >= 15 is 0 Å². The van der Waals surface area contributed by atoms with Crippen LogP contribution in [0, 0.1) is 5.92 Å². The smallest absolute Gasteiger partial charge is 0.315 e. The van der Waals surface area contributed by atoms with Gasteiger partial charge in [-0.1, -0.05) is 18.2 Å². The predicted molar refractivity (Wildman–Crippen MR) is 138 cm³/mol. The zero-order valence-corrected chi connectivity index (χ0v) is 21.6. The van der Waals surface area contributed by atoms with Crippen molar-refractivity contribution < 1.29 is 23.8 Å². The molecule has 0 amide bonds. The van der Waals surface area contributed by atoms with Crippen molar-refractivity contribution >= 4 is 29.2 Å². The van der Waals surface area contributed by atoms with Crippen LogP contribution >= 0.6 is 11.8 Å². The van der Waals surface area contributed by atoms with Gasteiger partial charge in [0.05, 0.1) is 20.8 Å². The molecule has 1 aliphatic heterocycles.